The van der Waals surface area contributed by atoms with E-state index in [1.165, 1.54) is 32.1 Å². The number of aromatic amines is 1. The molecule has 1 heterocycles. The average Bonchev–Trinajstić information content (AvgIpc) is 3.37. The van der Waals surface area contributed by atoms with Gasteiger partial charge in [-0.05, 0) is 36.3 Å². The molecule has 2 aromatic rings. The van der Waals surface area contributed by atoms with E-state index in [0.717, 1.165) is 35.5 Å². The highest BCUT2D eigenvalue weighted by molar-refractivity contribution is 5.75. The molecule has 144 valence electrons. The van der Waals surface area contributed by atoms with E-state index in [0.29, 0.717) is 11.1 Å². The molecule has 0 radical (unpaired) electrons. The molecule has 4 nitrogen and oxygen atoms in total. The van der Waals surface area contributed by atoms with E-state index in [1.54, 1.807) is 7.11 Å². The summed E-state index contributed by atoms with van der Waals surface area (Å²) in [5.74, 6) is 1.73. The number of benzene rings is 1. The van der Waals surface area contributed by atoms with Crippen molar-refractivity contribution < 1.29 is 4.74 Å². The smallest absolute Gasteiger partial charge is 0.270 e. The van der Waals surface area contributed by atoms with Gasteiger partial charge in [-0.15, -0.1) is 0 Å². The van der Waals surface area contributed by atoms with Crippen LogP contribution < -0.4 is 10.3 Å². The molecule has 1 aliphatic rings. The van der Waals surface area contributed by atoms with Crippen molar-refractivity contribution in [2.45, 2.75) is 72.6 Å². The number of unbranched alkanes of at least 4 members (excludes halogenated alkanes) is 2. The van der Waals surface area contributed by atoms with Gasteiger partial charge >= 0.3 is 0 Å². The summed E-state index contributed by atoms with van der Waals surface area (Å²) in [6.07, 6.45) is 8.50. The van der Waals surface area contributed by atoms with Crippen molar-refractivity contribution in [3.05, 3.63) is 34.2 Å². The molecule has 1 aromatic carbocycles. The second-order valence-electron chi connectivity index (χ2n) is 8.94. The summed E-state index contributed by atoms with van der Waals surface area (Å²) in [7, 11) is 1.61. The van der Waals surface area contributed by atoms with Crippen LogP contribution in [0.25, 0.3) is 11.0 Å². The third kappa shape index (κ3) is 7.59. The Morgan fingerprint density at radius 1 is 1.15 bits per heavy atom. The predicted octanol–water partition coefficient (Wildman–Crippen LogP) is 5.50. The third-order valence-corrected chi connectivity index (χ3v) is 4.19. The lowest BCUT2D eigenvalue weighted by Crippen LogP contribution is -2.15. The van der Waals surface area contributed by atoms with E-state index < -0.39 is 0 Å². The lowest BCUT2D eigenvalue weighted by atomic mass is 10.0. The van der Waals surface area contributed by atoms with Crippen molar-refractivity contribution in [3.8, 4) is 5.75 Å². The molecule has 0 atom stereocenters. The minimum atomic E-state index is -0.0713. The zero-order valence-electron chi connectivity index (χ0n) is 17.0. The number of ether oxygens (including phenoxy) is 1. The molecule has 4 heteroatoms. The highest BCUT2D eigenvalue weighted by atomic mass is 16.5. The van der Waals surface area contributed by atoms with Crippen LogP contribution in [0.15, 0.2) is 23.0 Å². The number of hydrogen-bond acceptors (Lipinski definition) is 3. The van der Waals surface area contributed by atoms with Crippen LogP contribution in [0.2, 0.25) is 0 Å². The fourth-order valence-electron chi connectivity index (χ4n) is 2.71. The van der Waals surface area contributed by atoms with Crippen LogP contribution in [0.5, 0.6) is 5.75 Å². The van der Waals surface area contributed by atoms with Gasteiger partial charge in [0.15, 0.2) is 0 Å². The van der Waals surface area contributed by atoms with Crippen molar-refractivity contribution in [3.63, 3.8) is 0 Å². The van der Waals surface area contributed by atoms with Crippen LogP contribution in [-0.4, -0.2) is 17.1 Å². The van der Waals surface area contributed by atoms with Gasteiger partial charge in [0.25, 0.3) is 5.56 Å². The maximum Gasteiger partial charge on any atom is 0.270 e. The number of H-pyrrole nitrogens is 1. The molecule has 3 rings (SSSR count). The Morgan fingerprint density at radius 2 is 1.85 bits per heavy atom. The number of hydrogen-bond donors (Lipinski definition) is 1. The Balaban J connectivity index is 0.000000431. The monoisotopic (exact) mass is 358 g/mol. The molecule has 0 saturated heterocycles. The maximum absolute atomic E-state index is 12.1. The molecule has 0 spiro atoms. The summed E-state index contributed by atoms with van der Waals surface area (Å²) < 4.78 is 5.16. The Kier molecular flexibility index (Phi) is 7.24. The van der Waals surface area contributed by atoms with Gasteiger partial charge in [0, 0.05) is 6.07 Å². The Bertz CT molecular complexity index is 749. The fraction of sp³-hybridized carbons (Fsp3) is 0.636. The first-order chi connectivity index (χ1) is 12.3. The molecule has 1 saturated carbocycles. The van der Waals surface area contributed by atoms with Crippen molar-refractivity contribution in [1.82, 2.24) is 9.97 Å². The average molecular weight is 359 g/mol. The van der Waals surface area contributed by atoms with E-state index in [4.69, 9.17) is 4.74 Å². The predicted molar refractivity (Wildman–Crippen MR) is 109 cm³/mol. The zero-order valence-corrected chi connectivity index (χ0v) is 17.0. The van der Waals surface area contributed by atoms with E-state index >= 15 is 0 Å². The summed E-state index contributed by atoms with van der Waals surface area (Å²) in [6.45, 7) is 8.75. The van der Waals surface area contributed by atoms with E-state index in [9.17, 15) is 4.79 Å². The second-order valence-corrected chi connectivity index (χ2v) is 8.94. The molecule has 0 aliphatic heterocycles. The van der Waals surface area contributed by atoms with Crippen LogP contribution in [0, 0.1) is 11.3 Å². The number of aryl methyl sites for hydroxylation is 1. The zero-order chi connectivity index (χ0) is 19.2. The minimum absolute atomic E-state index is 0.0713. The van der Waals surface area contributed by atoms with Crippen molar-refractivity contribution in [1.29, 1.82) is 0 Å². The topological polar surface area (TPSA) is 55.0 Å². The van der Waals surface area contributed by atoms with Crippen LogP contribution >= 0.6 is 0 Å². The summed E-state index contributed by atoms with van der Waals surface area (Å²) in [5.41, 5.74) is 2.64. The highest BCUT2D eigenvalue weighted by Gasteiger charge is 2.19. The molecule has 1 aromatic heterocycles. The summed E-state index contributed by atoms with van der Waals surface area (Å²) in [4.78, 5) is 19.5. The van der Waals surface area contributed by atoms with E-state index in [2.05, 4.69) is 37.7 Å². The highest BCUT2D eigenvalue weighted by Crippen LogP contribution is 2.34. The summed E-state index contributed by atoms with van der Waals surface area (Å²) in [6, 6.07) is 5.57. The number of nitrogens with one attached hydrogen (secondary N) is 1. The number of fused-ring (bicyclic) bond motifs is 1. The largest absolute Gasteiger partial charge is 0.497 e. The Morgan fingerprint density at radius 3 is 2.46 bits per heavy atom. The van der Waals surface area contributed by atoms with Gasteiger partial charge in [0.2, 0.25) is 0 Å². The quantitative estimate of drug-likeness (QED) is 0.665. The number of nitrogens with zero attached hydrogens (tertiary/aromatic N) is 1. The molecule has 1 fully saturated rings. The summed E-state index contributed by atoms with van der Waals surface area (Å²) >= 11 is 0. The van der Waals surface area contributed by atoms with Gasteiger partial charge in [0.1, 0.15) is 11.4 Å². The molecule has 1 aliphatic carbocycles. The van der Waals surface area contributed by atoms with Crippen LogP contribution in [0.4, 0.5) is 0 Å². The van der Waals surface area contributed by atoms with Gasteiger partial charge in [-0.25, -0.2) is 4.98 Å². The Hall–Kier alpha value is -1.84. The lowest BCUT2D eigenvalue weighted by Gasteiger charge is -2.05. The first kappa shape index (κ1) is 20.5. The molecular formula is C22H34N2O2. The number of rotatable bonds is 7. The second kappa shape index (κ2) is 9.20. The third-order valence-electron chi connectivity index (χ3n) is 4.19. The molecule has 0 amide bonds. The molecular weight excluding hydrogens is 324 g/mol. The molecule has 1 N–H and O–H groups in total. The first-order valence-electron chi connectivity index (χ1n) is 9.83. The van der Waals surface area contributed by atoms with Gasteiger partial charge < -0.3 is 9.72 Å². The number of methoxy groups -OCH3 is 1. The standard InChI is InChI=1S/C17H22N2O2.C5H12/c1-21-13-9-10-14-16(11-13)19-17(20)15(18-14)6-4-2-3-5-12-7-8-12;1-5(2,3)4/h9-12H,2-8H2,1H3,(H,19,20);1-4H3. The van der Waals surface area contributed by atoms with E-state index in [-0.39, 0.29) is 5.56 Å². The van der Waals surface area contributed by atoms with Crippen LogP contribution in [-0.2, 0) is 6.42 Å². The fourth-order valence-corrected chi connectivity index (χ4v) is 2.71. The number of aromatic nitrogens is 2. The van der Waals surface area contributed by atoms with Crippen LogP contribution in [0.3, 0.4) is 0 Å². The SMILES string of the molecule is CC(C)(C)C.COc1ccc2nc(CCCCCC3CC3)c(=O)[nH]c2c1. The molecule has 0 unspecified atom stereocenters. The van der Waals surface area contributed by atoms with Gasteiger partial charge in [0.05, 0.1) is 18.1 Å². The van der Waals surface area contributed by atoms with Crippen LogP contribution in [0.1, 0.15) is 71.9 Å². The van der Waals surface area contributed by atoms with Crippen molar-refractivity contribution in [2.75, 3.05) is 7.11 Å². The Labute approximate surface area is 157 Å². The van der Waals surface area contributed by atoms with Gasteiger partial charge in [-0.2, -0.15) is 0 Å². The maximum atomic E-state index is 12.1. The molecule has 0 bridgehead atoms. The minimum Gasteiger partial charge on any atom is -0.497 e. The normalized spacial score (nSPS) is 14.0. The van der Waals surface area contributed by atoms with Gasteiger partial charge in [-0.1, -0.05) is 59.8 Å². The summed E-state index contributed by atoms with van der Waals surface area (Å²) in [5, 5.41) is 0. The lowest BCUT2D eigenvalue weighted by molar-refractivity contribution is 0.415. The van der Waals surface area contributed by atoms with E-state index in [1.807, 2.05) is 18.2 Å². The molecule has 26 heavy (non-hydrogen) atoms. The van der Waals surface area contributed by atoms with Crippen molar-refractivity contribution in [2.24, 2.45) is 11.3 Å². The van der Waals surface area contributed by atoms with Crippen molar-refractivity contribution >= 4 is 11.0 Å². The first-order valence-corrected chi connectivity index (χ1v) is 9.83. The van der Waals surface area contributed by atoms with Gasteiger partial charge in [-0.3, -0.25) is 4.79 Å².